The SMILES string of the molecule is CCCNC(=O)[C@H](Cc1ccccc1)N(Cc1ccc(F)cc1)C(=O)COc1ccc(CC)cc1. The molecular weight excluding hydrogens is 443 g/mol. The minimum atomic E-state index is -0.743. The molecule has 0 saturated carbocycles. The summed E-state index contributed by atoms with van der Waals surface area (Å²) < 4.78 is 19.3. The molecule has 0 aliphatic heterocycles. The van der Waals surface area contributed by atoms with Crippen LogP contribution in [0.2, 0.25) is 0 Å². The van der Waals surface area contributed by atoms with Crippen molar-refractivity contribution in [3.8, 4) is 5.75 Å². The predicted octanol–water partition coefficient (Wildman–Crippen LogP) is 4.93. The monoisotopic (exact) mass is 476 g/mol. The van der Waals surface area contributed by atoms with Gasteiger partial charge in [-0.15, -0.1) is 0 Å². The van der Waals surface area contributed by atoms with Gasteiger partial charge in [0.05, 0.1) is 0 Å². The summed E-state index contributed by atoms with van der Waals surface area (Å²) in [6.45, 7) is 4.52. The number of hydrogen-bond donors (Lipinski definition) is 1. The van der Waals surface area contributed by atoms with E-state index in [4.69, 9.17) is 4.74 Å². The molecule has 35 heavy (non-hydrogen) atoms. The number of rotatable bonds is 12. The molecule has 3 rings (SSSR count). The van der Waals surface area contributed by atoms with Crippen LogP contribution in [0.5, 0.6) is 5.75 Å². The van der Waals surface area contributed by atoms with Crippen LogP contribution < -0.4 is 10.1 Å². The Hall–Kier alpha value is -3.67. The van der Waals surface area contributed by atoms with E-state index in [0.29, 0.717) is 18.7 Å². The number of benzene rings is 3. The first-order chi connectivity index (χ1) is 17.0. The van der Waals surface area contributed by atoms with Crippen LogP contribution in [-0.4, -0.2) is 35.9 Å². The number of halogens is 1. The molecule has 6 heteroatoms. The van der Waals surface area contributed by atoms with Crippen LogP contribution in [0.25, 0.3) is 0 Å². The minimum Gasteiger partial charge on any atom is -0.484 e. The van der Waals surface area contributed by atoms with Crippen LogP contribution in [0.3, 0.4) is 0 Å². The van der Waals surface area contributed by atoms with E-state index < -0.39 is 6.04 Å². The molecule has 3 aromatic rings. The Morgan fingerprint density at radius 2 is 1.54 bits per heavy atom. The van der Waals surface area contributed by atoms with Crippen molar-refractivity contribution in [3.63, 3.8) is 0 Å². The zero-order valence-electron chi connectivity index (χ0n) is 20.4. The van der Waals surface area contributed by atoms with Crippen molar-refractivity contribution in [2.45, 2.75) is 45.7 Å². The average Bonchev–Trinajstić information content (AvgIpc) is 2.89. The van der Waals surface area contributed by atoms with Gasteiger partial charge in [-0.1, -0.05) is 68.4 Å². The maximum absolute atomic E-state index is 13.5. The summed E-state index contributed by atoms with van der Waals surface area (Å²) in [5.74, 6) is -0.306. The molecule has 1 atom stereocenters. The molecule has 184 valence electrons. The molecule has 0 fully saturated rings. The van der Waals surface area contributed by atoms with Crippen LogP contribution in [0.4, 0.5) is 4.39 Å². The topological polar surface area (TPSA) is 58.6 Å². The van der Waals surface area contributed by atoms with Gasteiger partial charge >= 0.3 is 0 Å². The Bertz CT molecular complexity index is 1070. The number of nitrogens with one attached hydrogen (secondary N) is 1. The standard InChI is InChI=1S/C29H33FN2O3/c1-3-18-31-29(34)27(19-23-8-6-5-7-9-23)32(20-24-10-14-25(30)15-11-24)28(33)21-35-26-16-12-22(4-2)13-17-26/h5-17,27H,3-4,18-21H2,1-2H3,(H,31,34)/t27-/m0/s1. The van der Waals surface area contributed by atoms with Gasteiger partial charge in [-0.3, -0.25) is 9.59 Å². The Balaban J connectivity index is 1.86. The lowest BCUT2D eigenvalue weighted by Gasteiger charge is -2.31. The molecule has 0 heterocycles. The second kappa shape index (κ2) is 13.3. The summed E-state index contributed by atoms with van der Waals surface area (Å²) in [4.78, 5) is 28.2. The lowest BCUT2D eigenvalue weighted by atomic mass is 10.0. The minimum absolute atomic E-state index is 0.161. The molecule has 0 spiro atoms. The molecule has 0 saturated heterocycles. The van der Waals surface area contributed by atoms with Gasteiger partial charge < -0.3 is 15.0 Å². The Labute approximate surface area is 206 Å². The number of carbonyl (C=O) groups excluding carboxylic acids is 2. The third-order valence-electron chi connectivity index (χ3n) is 5.78. The summed E-state index contributed by atoms with van der Waals surface area (Å²) in [5.41, 5.74) is 2.85. The van der Waals surface area contributed by atoms with Crippen molar-refractivity contribution >= 4 is 11.8 Å². The fraction of sp³-hybridized carbons (Fsp3) is 0.310. The van der Waals surface area contributed by atoms with E-state index in [1.165, 1.54) is 22.6 Å². The van der Waals surface area contributed by atoms with Crippen molar-refractivity contribution in [1.29, 1.82) is 0 Å². The maximum atomic E-state index is 13.5. The second-order valence-corrected chi connectivity index (χ2v) is 8.43. The van der Waals surface area contributed by atoms with Crippen molar-refractivity contribution in [2.75, 3.05) is 13.2 Å². The molecule has 0 aromatic heterocycles. The van der Waals surface area contributed by atoms with E-state index in [0.717, 1.165) is 24.0 Å². The van der Waals surface area contributed by atoms with E-state index in [2.05, 4.69) is 12.2 Å². The smallest absolute Gasteiger partial charge is 0.261 e. The molecule has 0 aliphatic carbocycles. The van der Waals surface area contributed by atoms with Crippen LogP contribution in [-0.2, 0) is 29.0 Å². The van der Waals surface area contributed by atoms with Crippen LogP contribution in [0.15, 0.2) is 78.9 Å². The highest BCUT2D eigenvalue weighted by Crippen LogP contribution is 2.17. The summed E-state index contributed by atoms with van der Waals surface area (Å²) in [6.07, 6.45) is 2.06. The number of hydrogen-bond acceptors (Lipinski definition) is 3. The third-order valence-corrected chi connectivity index (χ3v) is 5.78. The Morgan fingerprint density at radius 1 is 0.886 bits per heavy atom. The lowest BCUT2D eigenvalue weighted by Crippen LogP contribution is -2.51. The molecule has 5 nitrogen and oxygen atoms in total. The van der Waals surface area contributed by atoms with E-state index in [1.54, 1.807) is 12.1 Å². The van der Waals surface area contributed by atoms with Crippen LogP contribution >= 0.6 is 0 Å². The van der Waals surface area contributed by atoms with Gasteiger partial charge in [0.15, 0.2) is 6.61 Å². The Morgan fingerprint density at radius 3 is 2.17 bits per heavy atom. The first kappa shape index (κ1) is 25.9. The van der Waals surface area contributed by atoms with Gasteiger partial charge in [-0.2, -0.15) is 0 Å². The van der Waals surface area contributed by atoms with Gasteiger partial charge in [0, 0.05) is 19.5 Å². The Kier molecular flexibility index (Phi) is 9.84. The van der Waals surface area contributed by atoms with Gasteiger partial charge in [0.1, 0.15) is 17.6 Å². The number of carbonyl (C=O) groups is 2. The lowest BCUT2D eigenvalue weighted by molar-refractivity contribution is -0.142. The molecule has 2 amide bonds. The molecule has 3 aromatic carbocycles. The number of ether oxygens (including phenoxy) is 1. The van der Waals surface area contributed by atoms with E-state index in [9.17, 15) is 14.0 Å². The number of aryl methyl sites for hydroxylation is 1. The molecule has 0 radical (unpaired) electrons. The number of nitrogens with zero attached hydrogens (tertiary/aromatic N) is 1. The predicted molar refractivity (Wildman–Crippen MR) is 135 cm³/mol. The van der Waals surface area contributed by atoms with Crippen LogP contribution in [0.1, 0.15) is 37.0 Å². The van der Waals surface area contributed by atoms with E-state index in [-0.39, 0.29) is 30.8 Å². The fourth-order valence-electron chi connectivity index (χ4n) is 3.76. The van der Waals surface area contributed by atoms with Crippen molar-refractivity contribution in [2.24, 2.45) is 0 Å². The van der Waals surface area contributed by atoms with Crippen LogP contribution in [0, 0.1) is 5.82 Å². The average molecular weight is 477 g/mol. The maximum Gasteiger partial charge on any atom is 0.261 e. The zero-order chi connectivity index (χ0) is 25.0. The van der Waals surface area contributed by atoms with Crippen molar-refractivity contribution < 1.29 is 18.7 Å². The van der Waals surface area contributed by atoms with E-state index >= 15 is 0 Å². The molecule has 1 N–H and O–H groups in total. The largest absolute Gasteiger partial charge is 0.484 e. The van der Waals surface area contributed by atoms with Crippen molar-refractivity contribution in [3.05, 3.63) is 101 Å². The first-order valence-electron chi connectivity index (χ1n) is 12.1. The highest BCUT2D eigenvalue weighted by atomic mass is 19.1. The molecule has 0 unspecified atom stereocenters. The van der Waals surface area contributed by atoms with E-state index in [1.807, 2.05) is 61.5 Å². The fourth-order valence-corrected chi connectivity index (χ4v) is 3.76. The summed E-state index contributed by atoms with van der Waals surface area (Å²) in [7, 11) is 0. The van der Waals surface area contributed by atoms with Crippen molar-refractivity contribution in [1.82, 2.24) is 10.2 Å². The summed E-state index contributed by atoms with van der Waals surface area (Å²) in [5, 5.41) is 2.94. The second-order valence-electron chi connectivity index (χ2n) is 8.43. The van der Waals surface area contributed by atoms with Gasteiger partial charge in [-0.05, 0) is 53.8 Å². The summed E-state index contributed by atoms with van der Waals surface area (Å²) in [6, 6.07) is 22.4. The normalized spacial score (nSPS) is 11.5. The van der Waals surface area contributed by atoms with Gasteiger partial charge in [-0.25, -0.2) is 4.39 Å². The number of amides is 2. The third kappa shape index (κ3) is 7.95. The molecule has 0 bridgehead atoms. The zero-order valence-corrected chi connectivity index (χ0v) is 20.4. The van der Waals surface area contributed by atoms with Gasteiger partial charge in [0.25, 0.3) is 5.91 Å². The highest BCUT2D eigenvalue weighted by Gasteiger charge is 2.30. The summed E-state index contributed by atoms with van der Waals surface area (Å²) >= 11 is 0. The molecule has 0 aliphatic rings. The first-order valence-corrected chi connectivity index (χ1v) is 12.1. The van der Waals surface area contributed by atoms with Gasteiger partial charge in [0.2, 0.25) is 5.91 Å². The highest BCUT2D eigenvalue weighted by molar-refractivity contribution is 5.88. The quantitative estimate of drug-likeness (QED) is 0.403. The molecular formula is C29H33FN2O3.